The number of ether oxygens (including phenoxy) is 2. The Morgan fingerprint density at radius 2 is 1.95 bits per heavy atom. The molecule has 0 spiro atoms. The summed E-state index contributed by atoms with van der Waals surface area (Å²) >= 11 is 0.849. The summed E-state index contributed by atoms with van der Waals surface area (Å²) in [7, 11) is 1.50. The molecule has 1 aliphatic heterocycles. The number of aliphatic hydroxyl groups is 1. The number of nitrogens with zero attached hydrogens (tertiary/aromatic N) is 3. The predicted octanol–water partition coefficient (Wildman–Crippen LogP) is 4.48. The summed E-state index contributed by atoms with van der Waals surface area (Å²) in [6.45, 7) is 5.09. The molecule has 1 aliphatic rings. The van der Waals surface area contributed by atoms with E-state index in [4.69, 9.17) is 9.47 Å². The van der Waals surface area contributed by atoms with Gasteiger partial charge in [-0.2, -0.15) is 0 Å². The summed E-state index contributed by atoms with van der Waals surface area (Å²) in [5.41, 5.74) is 0.873. The molecule has 1 aromatic heterocycles. The number of aromatic nitrogens is 1. The number of aryl methyl sites for hydroxylation is 2. The largest absolute Gasteiger partial charge is 0.507 e. The number of amides is 1. The lowest BCUT2D eigenvalue weighted by Crippen LogP contribution is -2.29. The van der Waals surface area contributed by atoms with Gasteiger partial charge in [-0.15, -0.1) is 0 Å². The summed E-state index contributed by atoms with van der Waals surface area (Å²) in [6, 6.07) is 8.91. The number of aliphatic hydroxyl groups excluding tert-OH is 1. The van der Waals surface area contributed by atoms with E-state index in [9.17, 15) is 29.6 Å². The third-order valence-electron chi connectivity index (χ3n) is 5.96. The Hall–Kier alpha value is -4.58. The summed E-state index contributed by atoms with van der Waals surface area (Å²) in [5, 5.41) is 22.8. The van der Waals surface area contributed by atoms with Gasteiger partial charge in [0, 0.05) is 17.7 Å². The van der Waals surface area contributed by atoms with Crippen molar-refractivity contribution < 1.29 is 33.9 Å². The van der Waals surface area contributed by atoms with Gasteiger partial charge in [-0.3, -0.25) is 24.6 Å². The summed E-state index contributed by atoms with van der Waals surface area (Å²) in [4.78, 5) is 55.5. The summed E-state index contributed by atoms with van der Waals surface area (Å²) in [6.07, 6.45) is 0. The zero-order valence-corrected chi connectivity index (χ0v) is 21.7. The number of carbonyl (C=O) groups is 3. The molecule has 1 atom stereocenters. The molecule has 1 N–H and O–H groups in total. The van der Waals surface area contributed by atoms with Crippen LogP contribution >= 0.6 is 11.3 Å². The van der Waals surface area contributed by atoms with Gasteiger partial charge >= 0.3 is 11.9 Å². The van der Waals surface area contributed by atoms with E-state index in [1.54, 1.807) is 32.9 Å². The Bertz CT molecular complexity index is 1510. The second-order valence-electron chi connectivity index (χ2n) is 8.34. The molecule has 3 aromatic rings. The third kappa shape index (κ3) is 4.61. The number of rotatable bonds is 7. The van der Waals surface area contributed by atoms with Crippen molar-refractivity contribution in [3.8, 4) is 5.75 Å². The Labute approximate surface area is 221 Å². The lowest BCUT2D eigenvalue weighted by Gasteiger charge is -2.23. The zero-order valence-electron chi connectivity index (χ0n) is 20.9. The molecule has 4 rings (SSSR count). The highest BCUT2D eigenvalue weighted by atomic mass is 32.1. The first-order valence-corrected chi connectivity index (χ1v) is 12.3. The van der Waals surface area contributed by atoms with Crippen molar-refractivity contribution in [1.82, 2.24) is 4.98 Å². The Morgan fingerprint density at radius 1 is 1.21 bits per heavy atom. The van der Waals surface area contributed by atoms with Gasteiger partial charge < -0.3 is 14.6 Å². The van der Waals surface area contributed by atoms with Crippen LogP contribution in [-0.2, 0) is 14.3 Å². The highest BCUT2D eigenvalue weighted by Crippen LogP contribution is 2.44. The fourth-order valence-corrected chi connectivity index (χ4v) is 5.19. The molecule has 196 valence electrons. The van der Waals surface area contributed by atoms with Crippen molar-refractivity contribution in [1.29, 1.82) is 0 Å². The van der Waals surface area contributed by atoms with E-state index in [0.717, 1.165) is 16.2 Å². The number of hydrogen-bond donors (Lipinski definition) is 1. The zero-order chi connectivity index (χ0) is 27.7. The predicted molar refractivity (Wildman–Crippen MR) is 138 cm³/mol. The van der Waals surface area contributed by atoms with E-state index in [1.165, 1.54) is 37.4 Å². The maximum absolute atomic E-state index is 13.4. The average molecular weight is 538 g/mol. The number of thiazole rings is 1. The summed E-state index contributed by atoms with van der Waals surface area (Å²) in [5.74, 6) is -2.55. The minimum Gasteiger partial charge on any atom is -0.507 e. The molecule has 1 fully saturated rings. The summed E-state index contributed by atoms with van der Waals surface area (Å²) < 4.78 is 10.3. The van der Waals surface area contributed by atoms with Gasteiger partial charge in [-0.05, 0) is 50.1 Å². The van der Waals surface area contributed by atoms with Crippen LogP contribution in [0, 0.1) is 24.0 Å². The van der Waals surface area contributed by atoms with E-state index in [-0.39, 0.29) is 44.7 Å². The van der Waals surface area contributed by atoms with Gasteiger partial charge in [-0.1, -0.05) is 23.5 Å². The maximum Gasteiger partial charge on any atom is 0.350 e. The Balaban J connectivity index is 1.95. The first kappa shape index (κ1) is 26.5. The Kier molecular flexibility index (Phi) is 7.26. The van der Waals surface area contributed by atoms with E-state index in [1.807, 2.05) is 0 Å². The quantitative estimate of drug-likeness (QED) is 0.115. The molecule has 38 heavy (non-hydrogen) atoms. The maximum atomic E-state index is 13.4. The molecule has 0 aliphatic carbocycles. The average Bonchev–Trinajstić information content (AvgIpc) is 3.40. The van der Waals surface area contributed by atoms with Gasteiger partial charge in [0.05, 0.1) is 35.9 Å². The van der Waals surface area contributed by atoms with Crippen molar-refractivity contribution in [2.75, 3.05) is 18.6 Å². The van der Waals surface area contributed by atoms with Crippen LogP contribution in [0.15, 0.2) is 48.0 Å². The number of Topliss-reactive ketones (excluding diaryl/α,β-unsaturated/α-hetero) is 1. The van der Waals surface area contributed by atoms with Crippen molar-refractivity contribution in [3.05, 3.63) is 85.4 Å². The molecule has 0 radical (unpaired) electrons. The molecule has 11 nitrogen and oxygen atoms in total. The fraction of sp³-hybridized carbons (Fsp3) is 0.231. The van der Waals surface area contributed by atoms with Crippen LogP contribution in [0.5, 0.6) is 5.75 Å². The van der Waals surface area contributed by atoms with Crippen molar-refractivity contribution in [2.45, 2.75) is 26.8 Å². The molecule has 1 amide bonds. The number of esters is 1. The number of non-ortho nitro benzene ring substituents is 1. The molecule has 0 bridgehead atoms. The van der Waals surface area contributed by atoms with Crippen LogP contribution in [0.25, 0.3) is 5.76 Å². The SMILES string of the molecule is CCOC(=O)c1sc(N2C(=O)C(=O)C(=C(O)c3ccc(OC)c(C)c3)[C@H]2c2cccc([N+](=O)[O-])c2)nc1C. The lowest BCUT2D eigenvalue weighted by molar-refractivity contribution is -0.384. The van der Waals surface area contributed by atoms with Crippen LogP contribution < -0.4 is 9.64 Å². The van der Waals surface area contributed by atoms with Gasteiger partial charge in [0.15, 0.2) is 5.13 Å². The molecule has 12 heteroatoms. The lowest BCUT2D eigenvalue weighted by atomic mass is 9.94. The highest BCUT2D eigenvalue weighted by molar-refractivity contribution is 7.17. The van der Waals surface area contributed by atoms with Gasteiger partial charge in [-0.25, -0.2) is 9.78 Å². The number of anilines is 1. The number of carbonyl (C=O) groups excluding carboxylic acids is 3. The van der Waals surface area contributed by atoms with Gasteiger partial charge in [0.25, 0.3) is 11.5 Å². The first-order valence-electron chi connectivity index (χ1n) is 11.4. The second-order valence-corrected chi connectivity index (χ2v) is 9.31. The minimum absolute atomic E-state index is 0.00845. The van der Waals surface area contributed by atoms with E-state index < -0.39 is 34.4 Å². The first-order chi connectivity index (χ1) is 18.1. The molecule has 0 saturated carbocycles. The molecule has 0 unspecified atom stereocenters. The van der Waals surface area contributed by atoms with Crippen molar-refractivity contribution in [2.24, 2.45) is 0 Å². The molecular weight excluding hydrogens is 514 g/mol. The van der Waals surface area contributed by atoms with Gasteiger partial charge in [0.1, 0.15) is 16.4 Å². The number of nitro benzene ring substituents is 1. The van der Waals surface area contributed by atoms with Gasteiger partial charge in [0.2, 0.25) is 0 Å². The smallest absolute Gasteiger partial charge is 0.350 e. The number of methoxy groups -OCH3 is 1. The Morgan fingerprint density at radius 3 is 2.58 bits per heavy atom. The topological polar surface area (TPSA) is 149 Å². The third-order valence-corrected chi connectivity index (χ3v) is 7.10. The van der Waals surface area contributed by atoms with E-state index in [0.29, 0.717) is 11.3 Å². The van der Waals surface area contributed by atoms with E-state index in [2.05, 4.69) is 4.98 Å². The number of ketones is 1. The second kappa shape index (κ2) is 10.4. The standard InChI is InChI=1S/C26H23N3O8S/c1-5-37-25(33)23-14(3)27-26(38-23)28-20(15-7-6-8-17(12-15)29(34)35)19(22(31)24(28)32)21(30)16-9-10-18(36-4)13(2)11-16/h6-12,20,30H,5H2,1-4H3/t20-/m1/s1. The number of hydrogen-bond acceptors (Lipinski definition) is 10. The van der Waals surface area contributed by atoms with Crippen LogP contribution in [-0.4, -0.2) is 46.4 Å². The molecule has 1 saturated heterocycles. The molecule has 2 aromatic carbocycles. The normalized spacial score (nSPS) is 16.5. The van der Waals surface area contributed by atoms with Crippen LogP contribution in [0.4, 0.5) is 10.8 Å². The number of benzene rings is 2. The molecular formula is C26H23N3O8S. The minimum atomic E-state index is -1.25. The van der Waals surface area contributed by atoms with Crippen LogP contribution in [0.2, 0.25) is 0 Å². The number of nitro groups is 1. The molecule has 2 heterocycles. The van der Waals surface area contributed by atoms with Crippen molar-refractivity contribution >= 4 is 45.6 Å². The fourth-order valence-electron chi connectivity index (χ4n) is 4.21. The van der Waals surface area contributed by atoms with Crippen molar-refractivity contribution in [3.63, 3.8) is 0 Å². The van der Waals surface area contributed by atoms with E-state index >= 15 is 0 Å². The monoisotopic (exact) mass is 537 g/mol. The van der Waals surface area contributed by atoms with Crippen LogP contribution in [0.3, 0.4) is 0 Å². The highest BCUT2D eigenvalue weighted by Gasteiger charge is 2.48. The van der Waals surface area contributed by atoms with Crippen LogP contribution in [0.1, 0.15) is 45.0 Å².